The highest BCUT2D eigenvalue weighted by Crippen LogP contribution is 2.48. The van der Waals surface area contributed by atoms with E-state index >= 15 is 0 Å². The van der Waals surface area contributed by atoms with Gasteiger partial charge in [0.1, 0.15) is 5.75 Å². The highest BCUT2D eigenvalue weighted by Gasteiger charge is 2.51. The molecule has 2 unspecified atom stereocenters. The summed E-state index contributed by atoms with van der Waals surface area (Å²) < 4.78 is 5.42. The first kappa shape index (κ1) is 20.6. The van der Waals surface area contributed by atoms with Gasteiger partial charge in [0.15, 0.2) is 11.7 Å². The van der Waals surface area contributed by atoms with Crippen molar-refractivity contribution in [1.82, 2.24) is 0 Å². The van der Waals surface area contributed by atoms with Crippen molar-refractivity contribution in [2.45, 2.75) is 50.7 Å². The van der Waals surface area contributed by atoms with Crippen molar-refractivity contribution in [3.63, 3.8) is 0 Å². The second-order valence-corrected chi connectivity index (χ2v) is 8.22. The predicted molar refractivity (Wildman–Crippen MR) is 117 cm³/mol. The number of benzene rings is 2. The van der Waals surface area contributed by atoms with Crippen LogP contribution in [0.25, 0.3) is 6.08 Å². The van der Waals surface area contributed by atoms with Crippen molar-refractivity contribution < 1.29 is 19.7 Å². The Balaban J connectivity index is 1.90. The number of nitrogens with one attached hydrogen (secondary N) is 1. The third-order valence-corrected chi connectivity index (χ3v) is 6.54. The number of methoxy groups -OCH3 is 1. The standard InChI is InChI=1S/C25H29NO4/c1-3-16(17-9-7-8-10-17)15-18-13-14-20-21(22(18)27)25(29,19-11-5-4-6-12-19)23(30-2)24(28)26-20/h4-6,11-15,17,23,27,29H,3,7-10H2,1-2H3,(H,26,28). The Morgan fingerprint density at radius 2 is 1.90 bits per heavy atom. The second-order valence-electron chi connectivity index (χ2n) is 8.22. The number of hydrogen-bond acceptors (Lipinski definition) is 4. The number of carbonyl (C=O) groups is 1. The molecule has 0 bridgehead atoms. The fourth-order valence-corrected chi connectivity index (χ4v) is 5.00. The van der Waals surface area contributed by atoms with Crippen molar-refractivity contribution in [2.75, 3.05) is 12.4 Å². The summed E-state index contributed by atoms with van der Waals surface area (Å²) in [6.07, 6.45) is 6.64. The molecule has 1 amide bonds. The van der Waals surface area contributed by atoms with Crippen molar-refractivity contribution in [2.24, 2.45) is 5.92 Å². The predicted octanol–water partition coefficient (Wildman–Crippen LogP) is 4.58. The topological polar surface area (TPSA) is 78.8 Å². The van der Waals surface area contributed by atoms with Crippen molar-refractivity contribution in [3.05, 3.63) is 64.7 Å². The van der Waals surface area contributed by atoms with E-state index in [2.05, 4.69) is 18.3 Å². The first-order valence-electron chi connectivity index (χ1n) is 10.7. The first-order valence-corrected chi connectivity index (χ1v) is 10.7. The molecule has 2 aromatic carbocycles. The molecule has 5 nitrogen and oxygen atoms in total. The lowest BCUT2D eigenvalue weighted by atomic mass is 9.76. The number of fused-ring (bicyclic) bond motifs is 1. The third-order valence-electron chi connectivity index (χ3n) is 6.54. The van der Waals surface area contributed by atoms with Gasteiger partial charge >= 0.3 is 0 Å². The summed E-state index contributed by atoms with van der Waals surface area (Å²) in [5.74, 6) is 0.0777. The van der Waals surface area contributed by atoms with Gasteiger partial charge in [0, 0.05) is 12.7 Å². The van der Waals surface area contributed by atoms with Crippen LogP contribution in [-0.2, 0) is 15.1 Å². The summed E-state index contributed by atoms with van der Waals surface area (Å²) in [6.45, 7) is 2.14. The summed E-state index contributed by atoms with van der Waals surface area (Å²) in [7, 11) is 1.39. The number of anilines is 1. The molecule has 0 aromatic heterocycles. The van der Waals surface area contributed by atoms with Crippen LogP contribution >= 0.6 is 0 Å². The Bertz CT molecular complexity index is 963. The number of aromatic hydroxyl groups is 1. The largest absolute Gasteiger partial charge is 0.507 e. The van der Waals surface area contributed by atoms with E-state index in [1.165, 1.54) is 38.4 Å². The van der Waals surface area contributed by atoms with E-state index in [0.717, 1.165) is 6.42 Å². The second kappa shape index (κ2) is 8.25. The number of carbonyl (C=O) groups excluding carboxylic acids is 1. The fraction of sp³-hybridized carbons (Fsp3) is 0.400. The number of rotatable bonds is 5. The van der Waals surface area contributed by atoms with Crippen LogP contribution < -0.4 is 5.32 Å². The van der Waals surface area contributed by atoms with Gasteiger partial charge in [-0.3, -0.25) is 4.79 Å². The van der Waals surface area contributed by atoms with Gasteiger partial charge in [-0.05, 0) is 42.9 Å². The van der Waals surface area contributed by atoms with Crippen LogP contribution in [-0.4, -0.2) is 29.3 Å². The molecule has 2 atom stereocenters. The highest BCUT2D eigenvalue weighted by atomic mass is 16.5. The molecule has 3 N–H and O–H groups in total. The van der Waals surface area contributed by atoms with Gasteiger partial charge in [-0.15, -0.1) is 0 Å². The van der Waals surface area contributed by atoms with Crippen LogP contribution in [0.1, 0.15) is 55.7 Å². The maximum absolute atomic E-state index is 12.7. The molecule has 1 fully saturated rings. The number of phenols is 1. The average Bonchev–Trinajstić information content (AvgIpc) is 3.28. The van der Waals surface area contributed by atoms with E-state index in [4.69, 9.17) is 4.74 Å². The number of amides is 1. The molecule has 0 saturated heterocycles. The molecule has 2 aromatic rings. The van der Waals surface area contributed by atoms with E-state index in [1.807, 2.05) is 6.07 Å². The minimum absolute atomic E-state index is 0.0233. The Hall–Kier alpha value is -2.63. The molecule has 0 radical (unpaired) electrons. The number of ether oxygens (including phenoxy) is 1. The number of phenolic OH excluding ortho intramolecular Hbond substituents is 1. The molecular weight excluding hydrogens is 378 g/mol. The molecular formula is C25H29NO4. The fourth-order valence-electron chi connectivity index (χ4n) is 5.00. The van der Waals surface area contributed by atoms with Gasteiger partial charge in [0.25, 0.3) is 5.91 Å². The molecule has 1 aliphatic carbocycles. The van der Waals surface area contributed by atoms with Crippen molar-refractivity contribution in [1.29, 1.82) is 0 Å². The van der Waals surface area contributed by atoms with Gasteiger partial charge in [-0.25, -0.2) is 0 Å². The summed E-state index contributed by atoms with van der Waals surface area (Å²) in [5.41, 5.74) is 1.33. The lowest BCUT2D eigenvalue weighted by Gasteiger charge is -2.40. The Labute approximate surface area is 177 Å². The smallest absolute Gasteiger partial charge is 0.257 e. The van der Waals surface area contributed by atoms with E-state index in [9.17, 15) is 15.0 Å². The van der Waals surface area contributed by atoms with Crippen LogP contribution in [0.15, 0.2) is 48.0 Å². The molecule has 0 spiro atoms. The molecule has 1 heterocycles. The minimum atomic E-state index is -1.80. The normalized spacial score (nSPS) is 24.6. The maximum atomic E-state index is 12.7. The van der Waals surface area contributed by atoms with Crippen LogP contribution in [0.5, 0.6) is 5.75 Å². The molecule has 5 heteroatoms. The highest BCUT2D eigenvalue weighted by molar-refractivity contribution is 6.00. The van der Waals surface area contributed by atoms with Gasteiger partial charge in [-0.1, -0.05) is 61.7 Å². The summed E-state index contributed by atoms with van der Waals surface area (Å²) in [5, 5.41) is 25.9. The lowest BCUT2D eigenvalue weighted by molar-refractivity contribution is -0.142. The van der Waals surface area contributed by atoms with E-state index in [-0.39, 0.29) is 11.3 Å². The van der Waals surface area contributed by atoms with Crippen molar-refractivity contribution in [3.8, 4) is 5.75 Å². The molecule has 4 rings (SSSR count). The van der Waals surface area contributed by atoms with Gasteiger partial charge in [0.2, 0.25) is 0 Å². The molecule has 1 aliphatic heterocycles. The monoisotopic (exact) mass is 407 g/mol. The van der Waals surface area contributed by atoms with Crippen LogP contribution in [0.2, 0.25) is 0 Å². The van der Waals surface area contributed by atoms with Gasteiger partial charge in [0.05, 0.1) is 11.3 Å². The van der Waals surface area contributed by atoms with E-state index < -0.39 is 17.6 Å². The molecule has 1 saturated carbocycles. The number of hydrogen-bond donors (Lipinski definition) is 3. The first-order chi connectivity index (χ1) is 14.5. The Morgan fingerprint density at radius 3 is 2.53 bits per heavy atom. The Morgan fingerprint density at radius 1 is 1.20 bits per heavy atom. The lowest BCUT2D eigenvalue weighted by Crippen LogP contribution is -2.52. The summed E-state index contributed by atoms with van der Waals surface area (Å²) >= 11 is 0. The van der Waals surface area contributed by atoms with Gasteiger partial charge < -0.3 is 20.3 Å². The van der Waals surface area contributed by atoms with Gasteiger partial charge in [-0.2, -0.15) is 0 Å². The van der Waals surface area contributed by atoms with Crippen LogP contribution in [0.3, 0.4) is 0 Å². The van der Waals surface area contributed by atoms with Crippen molar-refractivity contribution >= 4 is 17.7 Å². The molecule has 158 valence electrons. The minimum Gasteiger partial charge on any atom is -0.507 e. The summed E-state index contributed by atoms with van der Waals surface area (Å²) in [4.78, 5) is 12.7. The zero-order valence-electron chi connectivity index (χ0n) is 17.5. The van der Waals surface area contributed by atoms with Crippen LogP contribution in [0, 0.1) is 5.92 Å². The zero-order valence-corrected chi connectivity index (χ0v) is 17.5. The number of allylic oxidation sites excluding steroid dienone is 1. The number of aliphatic hydroxyl groups is 1. The molecule has 30 heavy (non-hydrogen) atoms. The third kappa shape index (κ3) is 3.32. The average molecular weight is 408 g/mol. The van der Waals surface area contributed by atoms with E-state index in [1.54, 1.807) is 36.4 Å². The SMILES string of the molecule is CCC(=Cc1ccc2c(c1O)C(O)(c1ccccc1)C(OC)C(=O)N2)C1CCCC1. The Kier molecular flexibility index (Phi) is 5.67. The molecule has 2 aliphatic rings. The quantitative estimate of drug-likeness (QED) is 0.678. The maximum Gasteiger partial charge on any atom is 0.257 e. The van der Waals surface area contributed by atoms with E-state index in [0.29, 0.717) is 22.7 Å². The zero-order chi connectivity index (χ0) is 21.3. The summed E-state index contributed by atoms with van der Waals surface area (Å²) in [6, 6.07) is 12.5. The van der Waals surface area contributed by atoms with Crippen LogP contribution in [0.4, 0.5) is 5.69 Å².